The molecule has 2 atom stereocenters. The van der Waals surface area contributed by atoms with Crippen LogP contribution in [0.4, 0.5) is 0 Å². The highest BCUT2D eigenvalue weighted by Gasteiger charge is 2.30. The van der Waals surface area contributed by atoms with Crippen molar-refractivity contribution in [2.45, 2.75) is 77.3 Å². The van der Waals surface area contributed by atoms with Gasteiger partial charge in [-0.05, 0) is 39.7 Å². The van der Waals surface area contributed by atoms with Crippen molar-refractivity contribution >= 4 is 0 Å². The zero-order valence-electron chi connectivity index (χ0n) is 14.1. The molecule has 0 saturated heterocycles. The van der Waals surface area contributed by atoms with Crippen molar-refractivity contribution in [3.8, 4) is 5.75 Å². The van der Waals surface area contributed by atoms with Crippen LogP contribution in [-0.2, 0) is 0 Å². The van der Waals surface area contributed by atoms with Gasteiger partial charge in [0, 0.05) is 18.0 Å². The molecule has 0 aliphatic heterocycles. The van der Waals surface area contributed by atoms with E-state index < -0.39 is 0 Å². The predicted octanol–water partition coefficient (Wildman–Crippen LogP) is 3.89. The zero-order valence-corrected chi connectivity index (χ0v) is 14.1. The molecule has 1 aromatic rings. The molecular weight excluding hydrogens is 262 g/mol. The van der Waals surface area contributed by atoms with Gasteiger partial charge in [-0.25, -0.2) is 0 Å². The van der Waals surface area contributed by atoms with Crippen molar-refractivity contribution < 1.29 is 4.74 Å². The van der Waals surface area contributed by atoms with E-state index >= 15 is 0 Å². The number of nitrogens with one attached hydrogen (secondary N) is 1. The number of ether oxygens (including phenoxy) is 1. The van der Waals surface area contributed by atoms with Crippen LogP contribution in [0.1, 0.15) is 76.9 Å². The van der Waals surface area contributed by atoms with E-state index in [1.807, 2.05) is 6.20 Å². The summed E-state index contributed by atoms with van der Waals surface area (Å²) in [7, 11) is 1.76. The maximum Gasteiger partial charge on any atom is 0.160 e. The molecule has 1 fully saturated rings. The molecule has 2 unspecified atom stereocenters. The summed E-state index contributed by atoms with van der Waals surface area (Å²) in [6, 6.07) is 0.925. The van der Waals surface area contributed by atoms with Crippen LogP contribution in [0.5, 0.6) is 5.75 Å². The Labute approximate surface area is 129 Å². The fourth-order valence-electron chi connectivity index (χ4n) is 3.49. The van der Waals surface area contributed by atoms with Gasteiger partial charge in [-0.3, -0.25) is 4.68 Å². The summed E-state index contributed by atoms with van der Waals surface area (Å²) < 4.78 is 7.77. The molecule has 1 heterocycles. The van der Waals surface area contributed by atoms with Crippen molar-refractivity contribution in [2.75, 3.05) is 13.7 Å². The van der Waals surface area contributed by atoms with E-state index in [2.05, 4.69) is 35.9 Å². The highest BCUT2D eigenvalue weighted by Crippen LogP contribution is 2.38. The molecule has 0 aromatic carbocycles. The first-order valence-corrected chi connectivity index (χ1v) is 8.53. The summed E-state index contributed by atoms with van der Waals surface area (Å²) in [6.07, 6.45) is 9.55. The third kappa shape index (κ3) is 3.79. The summed E-state index contributed by atoms with van der Waals surface area (Å²) in [4.78, 5) is 0. The minimum Gasteiger partial charge on any atom is -0.493 e. The van der Waals surface area contributed by atoms with Crippen molar-refractivity contribution in [3.05, 3.63) is 11.9 Å². The van der Waals surface area contributed by atoms with E-state index in [9.17, 15) is 0 Å². The summed E-state index contributed by atoms with van der Waals surface area (Å²) >= 11 is 0. The van der Waals surface area contributed by atoms with Gasteiger partial charge in [0.25, 0.3) is 0 Å². The van der Waals surface area contributed by atoms with Gasteiger partial charge in [-0.1, -0.05) is 26.2 Å². The minimum absolute atomic E-state index is 0.374. The summed E-state index contributed by atoms with van der Waals surface area (Å²) in [5, 5.41) is 8.34. The number of nitrogens with zero attached hydrogens (tertiary/aromatic N) is 2. The lowest BCUT2D eigenvalue weighted by molar-refractivity contribution is 0.354. The van der Waals surface area contributed by atoms with Gasteiger partial charge in [-0.15, -0.1) is 0 Å². The van der Waals surface area contributed by atoms with Crippen LogP contribution in [0.15, 0.2) is 6.20 Å². The molecule has 0 bridgehead atoms. The van der Waals surface area contributed by atoms with Crippen LogP contribution in [0, 0.1) is 0 Å². The van der Waals surface area contributed by atoms with Crippen LogP contribution in [0.25, 0.3) is 0 Å². The quantitative estimate of drug-likeness (QED) is 0.809. The first-order valence-electron chi connectivity index (χ1n) is 8.53. The lowest BCUT2D eigenvalue weighted by atomic mass is 9.90. The SMILES string of the molecule is CCCNC1CCCCCC1c1c(OC)cnn1C(C)C. The fourth-order valence-corrected chi connectivity index (χ4v) is 3.49. The number of aromatic nitrogens is 2. The topological polar surface area (TPSA) is 39.1 Å². The van der Waals surface area contributed by atoms with Gasteiger partial charge in [0.2, 0.25) is 0 Å². The Bertz CT molecular complexity index is 428. The molecule has 1 aliphatic carbocycles. The fraction of sp³-hybridized carbons (Fsp3) is 0.824. The van der Waals surface area contributed by atoms with Crippen molar-refractivity contribution in [2.24, 2.45) is 0 Å². The number of rotatable bonds is 6. The van der Waals surface area contributed by atoms with Gasteiger partial charge >= 0.3 is 0 Å². The Hall–Kier alpha value is -1.03. The molecular formula is C17H31N3O. The third-order valence-corrected chi connectivity index (χ3v) is 4.53. The normalized spacial score (nSPS) is 23.3. The smallest absolute Gasteiger partial charge is 0.160 e. The van der Waals surface area contributed by atoms with E-state index in [0.29, 0.717) is 18.0 Å². The van der Waals surface area contributed by atoms with E-state index in [0.717, 1.165) is 12.3 Å². The second kappa shape index (κ2) is 7.83. The van der Waals surface area contributed by atoms with E-state index in [4.69, 9.17) is 4.74 Å². The second-order valence-electron chi connectivity index (χ2n) is 6.44. The van der Waals surface area contributed by atoms with E-state index in [1.165, 1.54) is 44.2 Å². The Balaban J connectivity index is 2.32. The van der Waals surface area contributed by atoms with Crippen LogP contribution in [-0.4, -0.2) is 29.5 Å². The molecule has 1 aromatic heterocycles. The molecule has 2 rings (SSSR count). The molecule has 21 heavy (non-hydrogen) atoms. The molecule has 1 N–H and O–H groups in total. The van der Waals surface area contributed by atoms with E-state index in [1.54, 1.807) is 7.11 Å². The highest BCUT2D eigenvalue weighted by molar-refractivity contribution is 5.30. The maximum absolute atomic E-state index is 5.61. The Kier molecular flexibility index (Phi) is 6.09. The van der Waals surface area contributed by atoms with Crippen LogP contribution >= 0.6 is 0 Å². The van der Waals surface area contributed by atoms with Gasteiger partial charge < -0.3 is 10.1 Å². The van der Waals surface area contributed by atoms with Crippen molar-refractivity contribution in [1.29, 1.82) is 0 Å². The molecule has 4 nitrogen and oxygen atoms in total. The lowest BCUT2D eigenvalue weighted by Gasteiger charge is -2.28. The van der Waals surface area contributed by atoms with Crippen LogP contribution < -0.4 is 10.1 Å². The first-order chi connectivity index (χ1) is 10.2. The Morgan fingerprint density at radius 1 is 1.33 bits per heavy atom. The predicted molar refractivity (Wildman–Crippen MR) is 87.1 cm³/mol. The molecule has 4 heteroatoms. The van der Waals surface area contributed by atoms with Gasteiger partial charge in [0.05, 0.1) is 19.0 Å². The summed E-state index contributed by atoms with van der Waals surface area (Å²) in [5.41, 5.74) is 1.29. The molecule has 0 radical (unpaired) electrons. The largest absolute Gasteiger partial charge is 0.493 e. The zero-order chi connectivity index (χ0) is 15.2. The Morgan fingerprint density at radius 3 is 2.76 bits per heavy atom. The van der Waals surface area contributed by atoms with Gasteiger partial charge in [-0.2, -0.15) is 5.10 Å². The molecule has 0 spiro atoms. The molecule has 1 aliphatic rings. The van der Waals surface area contributed by atoms with Crippen molar-refractivity contribution in [3.63, 3.8) is 0 Å². The molecule has 1 saturated carbocycles. The van der Waals surface area contributed by atoms with Crippen LogP contribution in [0.2, 0.25) is 0 Å². The maximum atomic E-state index is 5.61. The van der Waals surface area contributed by atoms with Crippen LogP contribution in [0.3, 0.4) is 0 Å². The van der Waals surface area contributed by atoms with Gasteiger partial charge in [0.1, 0.15) is 0 Å². The number of hydrogen-bond donors (Lipinski definition) is 1. The van der Waals surface area contributed by atoms with Crippen molar-refractivity contribution in [1.82, 2.24) is 15.1 Å². The van der Waals surface area contributed by atoms with Gasteiger partial charge in [0.15, 0.2) is 5.75 Å². The number of methoxy groups -OCH3 is 1. The standard InChI is InChI=1S/C17H31N3O/c1-5-11-18-15-10-8-6-7-9-14(15)17-16(21-4)12-19-20(17)13(2)3/h12-15,18H,5-11H2,1-4H3. The third-order valence-electron chi connectivity index (χ3n) is 4.53. The minimum atomic E-state index is 0.374. The second-order valence-corrected chi connectivity index (χ2v) is 6.44. The summed E-state index contributed by atoms with van der Waals surface area (Å²) in [6.45, 7) is 7.72. The average Bonchev–Trinajstić information content (AvgIpc) is 2.77. The molecule has 0 amide bonds. The number of hydrogen-bond acceptors (Lipinski definition) is 3. The Morgan fingerprint density at radius 2 is 2.10 bits per heavy atom. The highest BCUT2D eigenvalue weighted by atomic mass is 16.5. The summed E-state index contributed by atoms with van der Waals surface area (Å²) in [5.74, 6) is 1.47. The molecule has 120 valence electrons. The average molecular weight is 293 g/mol. The lowest BCUT2D eigenvalue weighted by Crippen LogP contribution is -2.36. The monoisotopic (exact) mass is 293 g/mol. The first kappa shape index (κ1) is 16.3. The van der Waals surface area contributed by atoms with E-state index in [-0.39, 0.29) is 0 Å².